The number of nitrogens with one attached hydrogen (secondary N) is 1. The molecule has 0 bridgehead atoms. The van der Waals surface area contributed by atoms with Gasteiger partial charge in [0.05, 0.1) is 11.4 Å². The molecule has 1 atom stereocenters. The number of benzene rings is 4. The van der Waals surface area contributed by atoms with Gasteiger partial charge in [0.25, 0.3) is 0 Å². The quantitative estimate of drug-likeness (QED) is 0.199. The maximum absolute atomic E-state index is 14.2. The van der Waals surface area contributed by atoms with Gasteiger partial charge in [-0.1, -0.05) is 0 Å². The molecule has 0 heterocycles. The lowest BCUT2D eigenvalue weighted by molar-refractivity contribution is -0.138. The molecule has 45 heavy (non-hydrogen) atoms. The van der Waals surface area contributed by atoms with Gasteiger partial charge in [0.2, 0.25) is 6.17 Å². The molecule has 0 radical (unpaired) electrons. The summed E-state index contributed by atoms with van der Waals surface area (Å²) in [6.07, 6.45) is -1.43. The standard InChI is InChI=1S/C35H43N7O3/c1-37(2)25-9-17-29(18-10-25)41(30-19-11-26(12-20-30)38(3)4)33(34(43)44)36-35(45)42(31-21-13-27(14-22-31)39(5)6)32-23-15-28(16-24-32)40(7)8/h9-24,33H,1-8H3,(H,36,45)(H,43,44). The Labute approximate surface area is 266 Å². The van der Waals surface area contributed by atoms with Crippen molar-refractivity contribution in [3.05, 3.63) is 97.1 Å². The zero-order valence-corrected chi connectivity index (χ0v) is 27.3. The molecule has 1 unspecified atom stereocenters. The summed E-state index contributed by atoms with van der Waals surface area (Å²) in [5.74, 6) is -1.21. The van der Waals surface area contributed by atoms with Crippen LogP contribution in [0.2, 0.25) is 0 Å². The van der Waals surface area contributed by atoms with E-state index in [0.29, 0.717) is 22.7 Å². The highest BCUT2D eigenvalue weighted by molar-refractivity contribution is 6.02. The molecule has 0 aliphatic heterocycles. The molecule has 0 spiro atoms. The molecule has 4 aromatic rings. The molecule has 0 aliphatic rings. The van der Waals surface area contributed by atoms with Crippen LogP contribution in [0.1, 0.15) is 0 Å². The molecule has 0 aliphatic carbocycles. The number of carboxylic acid groups (broad SMARTS) is 1. The molecule has 4 aromatic carbocycles. The minimum Gasteiger partial charge on any atom is -0.478 e. The number of carbonyl (C=O) groups is 2. The van der Waals surface area contributed by atoms with Crippen molar-refractivity contribution in [1.29, 1.82) is 0 Å². The van der Waals surface area contributed by atoms with Crippen LogP contribution in [-0.4, -0.2) is 79.7 Å². The van der Waals surface area contributed by atoms with Crippen molar-refractivity contribution < 1.29 is 14.7 Å². The third kappa shape index (κ3) is 7.59. The van der Waals surface area contributed by atoms with E-state index in [1.54, 1.807) is 4.90 Å². The predicted molar refractivity (Wildman–Crippen MR) is 187 cm³/mol. The lowest BCUT2D eigenvalue weighted by atomic mass is 10.1. The second-order valence-electron chi connectivity index (χ2n) is 11.5. The number of anilines is 8. The number of nitrogens with zero attached hydrogens (tertiary/aromatic N) is 6. The van der Waals surface area contributed by atoms with Crippen LogP contribution in [0.4, 0.5) is 50.3 Å². The number of amides is 2. The van der Waals surface area contributed by atoms with Crippen molar-refractivity contribution >= 4 is 57.5 Å². The molecule has 10 heteroatoms. The van der Waals surface area contributed by atoms with Crippen molar-refractivity contribution in [1.82, 2.24) is 5.32 Å². The van der Waals surface area contributed by atoms with E-state index in [4.69, 9.17) is 0 Å². The largest absolute Gasteiger partial charge is 0.478 e. The van der Waals surface area contributed by atoms with Crippen LogP contribution < -0.4 is 34.7 Å². The summed E-state index contributed by atoms with van der Waals surface area (Å²) in [5, 5.41) is 13.4. The van der Waals surface area contributed by atoms with Gasteiger partial charge in [0.1, 0.15) is 0 Å². The van der Waals surface area contributed by atoms with Gasteiger partial charge in [-0.25, -0.2) is 9.59 Å². The average Bonchev–Trinajstić information content (AvgIpc) is 3.01. The van der Waals surface area contributed by atoms with E-state index < -0.39 is 18.2 Å². The van der Waals surface area contributed by atoms with Crippen molar-refractivity contribution in [2.75, 3.05) is 85.8 Å². The summed E-state index contributed by atoms with van der Waals surface area (Å²) in [5.41, 5.74) is 6.29. The summed E-state index contributed by atoms with van der Waals surface area (Å²) in [6, 6.07) is 29.6. The smallest absolute Gasteiger partial charge is 0.347 e. The van der Waals surface area contributed by atoms with Crippen molar-refractivity contribution in [2.24, 2.45) is 0 Å². The van der Waals surface area contributed by atoms with E-state index in [-0.39, 0.29) is 0 Å². The van der Waals surface area contributed by atoms with Gasteiger partial charge in [-0.05, 0) is 97.1 Å². The second-order valence-corrected chi connectivity index (χ2v) is 11.5. The van der Waals surface area contributed by atoms with Crippen LogP contribution in [0, 0.1) is 0 Å². The first-order chi connectivity index (χ1) is 21.4. The Morgan fingerprint density at radius 1 is 0.467 bits per heavy atom. The molecule has 0 aromatic heterocycles. The third-order valence-electron chi connectivity index (χ3n) is 7.49. The van der Waals surface area contributed by atoms with E-state index in [0.717, 1.165) is 22.7 Å². The maximum Gasteiger partial charge on any atom is 0.347 e. The summed E-state index contributed by atoms with van der Waals surface area (Å²) in [7, 11) is 15.6. The van der Waals surface area contributed by atoms with Gasteiger partial charge in [0.15, 0.2) is 0 Å². The summed E-state index contributed by atoms with van der Waals surface area (Å²) < 4.78 is 0. The van der Waals surface area contributed by atoms with Crippen LogP contribution in [0.15, 0.2) is 97.1 Å². The van der Waals surface area contributed by atoms with Gasteiger partial charge in [-0.2, -0.15) is 0 Å². The number of aliphatic carboxylic acids is 1. The van der Waals surface area contributed by atoms with Crippen LogP contribution in [0.5, 0.6) is 0 Å². The number of carbonyl (C=O) groups excluding carboxylic acids is 1. The summed E-state index contributed by atoms with van der Waals surface area (Å²) >= 11 is 0. The summed E-state index contributed by atoms with van der Waals surface area (Å²) in [6.45, 7) is 0. The topological polar surface area (TPSA) is 85.8 Å². The molecule has 0 saturated carbocycles. The van der Waals surface area contributed by atoms with E-state index in [9.17, 15) is 14.7 Å². The van der Waals surface area contributed by atoms with Crippen LogP contribution in [0.3, 0.4) is 0 Å². The summed E-state index contributed by atoms with van der Waals surface area (Å²) in [4.78, 5) is 38.3. The van der Waals surface area contributed by atoms with Crippen molar-refractivity contribution in [2.45, 2.75) is 6.17 Å². The normalized spacial score (nSPS) is 11.3. The zero-order valence-electron chi connectivity index (χ0n) is 27.3. The molecule has 0 saturated heterocycles. The second kappa shape index (κ2) is 13.9. The maximum atomic E-state index is 14.2. The first kappa shape index (κ1) is 32.5. The first-order valence-corrected chi connectivity index (χ1v) is 14.6. The number of carboxylic acids is 1. The number of hydrogen-bond donors (Lipinski definition) is 2. The third-order valence-corrected chi connectivity index (χ3v) is 7.49. The van der Waals surface area contributed by atoms with Crippen LogP contribution in [-0.2, 0) is 4.79 Å². The Bertz CT molecular complexity index is 1470. The first-order valence-electron chi connectivity index (χ1n) is 14.6. The Balaban J connectivity index is 1.79. The molecule has 2 N–H and O–H groups in total. The molecule has 4 rings (SSSR count). The van der Waals surface area contributed by atoms with Gasteiger partial charge in [-0.15, -0.1) is 0 Å². The zero-order chi connectivity index (χ0) is 32.8. The van der Waals surface area contributed by atoms with Gasteiger partial charge in [0, 0.05) is 90.5 Å². The monoisotopic (exact) mass is 609 g/mol. The lowest BCUT2D eigenvalue weighted by Gasteiger charge is -2.34. The molecule has 0 fully saturated rings. The molecule has 10 nitrogen and oxygen atoms in total. The van der Waals surface area contributed by atoms with E-state index >= 15 is 0 Å². The minimum absolute atomic E-state index is 0.586. The molecule has 2 amide bonds. The van der Waals surface area contributed by atoms with Crippen LogP contribution in [0.25, 0.3) is 0 Å². The lowest BCUT2D eigenvalue weighted by Crippen LogP contribution is -2.54. The molecular weight excluding hydrogens is 566 g/mol. The average molecular weight is 610 g/mol. The highest BCUT2D eigenvalue weighted by Crippen LogP contribution is 2.33. The van der Waals surface area contributed by atoms with Crippen molar-refractivity contribution in [3.63, 3.8) is 0 Å². The van der Waals surface area contributed by atoms with E-state index in [1.807, 2.05) is 173 Å². The fourth-order valence-electron chi connectivity index (χ4n) is 4.87. The molecular formula is C35H43N7O3. The minimum atomic E-state index is -1.43. The van der Waals surface area contributed by atoms with E-state index in [2.05, 4.69) is 5.32 Å². The highest BCUT2D eigenvalue weighted by atomic mass is 16.4. The van der Waals surface area contributed by atoms with Gasteiger partial charge >= 0.3 is 12.0 Å². The SMILES string of the molecule is CN(C)c1ccc(N(C(=O)NC(C(=O)O)N(c2ccc(N(C)C)cc2)c2ccc(N(C)C)cc2)c2ccc(N(C)C)cc2)cc1. The highest BCUT2D eigenvalue weighted by Gasteiger charge is 2.32. The Kier molecular flexibility index (Phi) is 10.1. The van der Waals surface area contributed by atoms with Crippen LogP contribution >= 0.6 is 0 Å². The number of rotatable bonds is 11. The van der Waals surface area contributed by atoms with Crippen molar-refractivity contribution in [3.8, 4) is 0 Å². The Morgan fingerprint density at radius 3 is 0.956 bits per heavy atom. The van der Waals surface area contributed by atoms with E-state index in [1.165, 1.54) is 4.90 Å². The van der Waals surface area contributed by atoms with Gasteiger partial charge in [-0.3, -0.25) is 4.90 Å². The molecule has 236 valence electrons. The Morgan fingerprint density at radius 2 is 0.711 bits per heavy atom. The fourth-order valence-corrected chi connectivity index (χ4v) is 4.87. The fraction of sp³-hybridized carbons (Fsp3) is 0.257. The van der Waals surface area contributed by atoms with Gasteiger partial charge < -0.3 is 34.9 Å². The number of hydrogen-bond acceptors (Lipinski definition) is 7. The predicted octanol–water partition coefficient (Wildman–Crippen LogP) is 6.05. The number of urea groups is 1. The Hall–Kier alpha value is -5.38.